The van der Waals surface area contributed by atoms with Gasteiger partial charge in [-0.05, 0) is 6.42 Å². The van der Waals surface area contributed by atoms with Crippen LogP contribution in [0, 0.1) is 6.92 Å². The molecule has 0 heterocycles. The summed E-state index contributed by atoms with van der Waals surface area (Å²) in [5.41, 5.74) is 0. The number of carboxylic acids is 1. The third-order valence-electron chi connectivity index (χ3n) is 5.71. The van der Waals surface area contributed by atoms with Crippen LogP contribution in [0.3, 0.4) is 0 Å². The van der Waals surface area contributed by atoms with Crippen molar-refractivity contribution in [3.8, 4) is 0 Å². The number of esters is 1. The topological polar surface area (TPSA) is 175 Å². The first-order valence-electron chi connectivity index (χ1n) is 14.8. The Morgan fingerprint density at radius 1 is 0.595 bits per heavy atom. The molecule has 242 valence electrons. The van der Waals surface area contributed by atoms with Crippen molar-refractivity contribution in [3.63, 3.8) is 0 Å². The molecule has 2 N–H and O–H groups in total. The number of aliphatic carboxylic acids is 1. The van der Waals surface area contributed by atoms with E-state index >= 15 is 0 Å². The Morgan fingerprint density at radius 2 is 0.905 bits per heavy atom. The van der Waals surface area contributed by atoms with Crippen molar-refractivity contribution in [1.29, 1.82) is 0 Å². The van der Waals surface area contributed by atoms with Crippen molar-refractivity contribution in [1.82, 2.24) is 0 Å². The molecule has 10 nitrogen and oxygen atoms in total. The van der Waals surface area contributed by atoms with Gasteiger partial charge in [0.15, 0.2) is 5.75 Å². The van der Waals surface area contributed by atoms with Crippen LogP contribution in [0.15, 0.2) is 0 Å². The first kappa shape index (κ1) is 52.3. The second-order valence-corrected chi connectivity index (χ2v) is 12.8. The minimum absolute atomic E-state index is 0. The van der Waals surface area contributed by atoms with Crippen LogP contribution in [0.5, 0.6) is 0 Å². The molecule has 0 saturated carbocycles. The van der Waals surface area contributed by atoms with Crippen molar-refractivity contribution in [2.24, 2.45) is 0 Å². The minimum Gasteiger partial charge on any atom is -0.549 e. The fourth-order valence-electron chi connectivity index (χ4n) is 3.60. The summed E-state index contributed by atoms with van der Waals surface area (Å²) in [6.45, 7) is 8.55. The molecule has 42 heavy (non-hydrogen) atoms. The van der Waals surface area contributed by atoms with Crippen molar-refractivity contribution >= 4 is 32.2 Å². The Balaban J connectivity index is -0.000000177. The molecule has 0 spiro atoms. The SMILES string of the molecule is CCCCCCCCCCCCOC(=O)CS(=O)(=O)O.O=C([O-])CS(=O)(=O)O.[CH2-]CCCCCCCCCCC.[Na+].[Na+]. The number of hydrogen-bond acceptors (Lipinski definition) is 8. The molecule has 0 unspecified atom stereocenters. The van der Waals surface area contributed by atoms with E-state index in [1.54, 1.807) is 0 Å². The first-order chi connectivity index (χ1) is 18.8. The van der Waals surface area contributed by atoms with E-state index in [1.807, 2.05) is 0 Å². The van der Waals surface area contributed by atoms with Crippen LogP contribution in [0.2, 0.25) is 0 Å². The monoisotopic (exact) mass is 662 g/mol. The fourth-order valence-corrected chi connectivity index (χ4v) is 4.28. The van der Waals surface area contributed by atoms with Crippen LogP contribution in [0.1, 0.15) is 142 Å². The number of carbonyl (C=O) groups excluding carboxylic acids is 2. The molecule has 0 radical (unpaired) electrons. The van der Waals surface area contributed by atoms with Crippen molar-refractivity contribution in [2.75, 3.05) is 18.1 Å². The molecule has 0 amide bonds. The van der Waals surface area contributed by atoms with E-state index < -0.39 is 43.7 Å². The summed E-state index contributed by atoms with van der Waals surface area (Å²) in [4.78, 5) is 20.3. The third-order valence-corrected chi connectivity index (χ3v) is 6.92. The summed E-state index contributed by atoms with van der Waals surface area (Å²) in [6, 6.07) is 0. The minimum atomic E-state index is -4.39. The van der Waals surface area contributed by atoms with E-state index in [1.165, 1.54) is 103 Å². The average molecular weight is 663 g/mol. The van der Waals surface area contributed by atoms with E-state index in [0.29, 0.717) is 0 Å². The molecule has 0 aromatic heterocycles. The van der Waals surface area contributed by atoms with Gasteiger partial charge >= 0.3 is 65.1 Å². The van der Waals surface area contributed by atoms with Gasteiger partial charge in [0.05, 0.1) is 12.6 Å². The maximum absolute atomic E-state index is 11.0. The van der Waals surface area contributed by atoms with Gasteiger partial charge < -0.3 is 21.6 Å². The fraction of sp³-hybridized carbons (Fsp3) is 0.893. The molecule has 0 atom stereocenters. The average Bonchev–Trinajstić information content (AvgIpc) is 2.82. The third kappa shape index (κ3) is 60.0. The summed E-state index contributed by atoms with van der Waals surface area (Å²) in [7, 11) is -8.65. The molecule has 0 bridgehead atoms. The Bertz CT molecular complexity index is 783. The van der Waals surface area contributed by atoms with Crippen LogP contribution >= 0.6 is 0 Å². The van der Waals surface area contributed by atoms with Gasteiger partial charge in [-0.3, -0.25) is 13.9 Å². The van der Waals surface area contributed by atoms with Gasteiger partial charge in [-0.2, -0.15) is 23.3 Å². The normalized spacial score (nSPS) is 10.6. The maximum Gasteiger partial charge on any atom is 1.00 e. The van der Waals surface area contributed by atoms with E-state index in [-0.39, 0.29) is 65.7 Å². The number of carboxylic acid groups (broad SMARTS) is 1. The maximum atomic E-state index is 11.0. The Morgan fingerprint density at radius 3 is 1.17 bits per heavy atom. The number of hydrogen-bond donors (Lipinski definition) is 2. The quantitative estimate of drug-likeness (QED) is 0.0460. The second-order valence-electron chi connectivity index (χ2n) is 9.91. The largest absolute Gasteiger partial charge is 1.00 e. The molecular formula is C28H56Na2O10S2. The van der Waals surface area contributed by atoms with Gasteiger partial charge in [-0.25, -0.2) is 0 Å². The van der Waals surface area contributed by atoms with Crippen LogP contribution in [0.25, 0.3) is 0 Å². The van der Waals surface area contributed by atoms with Crippen LogP contribution in [0.4, 0.5) is 0 Å². The van der Waals surface area contributed by atoms with Gasteiger partial charge in [0.2, 0.25) is 0 Å². The zero-order valence-electron chi connectivity index (χ0n) is 26.9. The van der Waals surface area contributed by atoms with Crippen molar-refractivity contribution in [3.05, 3.63) is 6.92 Å². The molecular weight excluding hydrogens is 606 g/mol. The summed E-state index contributed by atoms with van der Waals surface area (Å²) in [6.07, 6.45) is 25.7. The van der Waals surface area contributed by atoms with E-state index in [4.69, 9.17) is 13.8 Å². The van der Waals surface area contributed by atoms with E-state index in [0.717, 1.165) is 25.7 Å². The summed E-state index contributed by atoms with van der Waals surface area (Å²) in [5, 5.41) is 9.36. The zero-order valence-corrected chi connectivity index (χ0v) is 32.6. The first-order valence-corrected chi connectivity index (χ1v) is 18.1. The summed E-state index contributed by atoms with van der Waals surface area (Å²) in [5.74, 6) is -4.99. The van der Waals surface area contributed by atoms with Crippen molar-refractivity contribution in [2.45, 2.75) is 142 Å². The van der Waals surface area contributed by atoms with Crippen molar-refractivity contribution < 1.29 is 104 Å². The Labute approximate surface area is 301 Å². The predicted octanol–water partition coefficient (Wildman–Crippen LogP) is -0.288. The zero-order chi connectivity index (χ0) is 31.1. The predicted molar refractivity (Wildman–Crippen MR) is 158 cm³/mol. The summed E-state index contributed by atoms with van der Waals surface area (Å²) < 4.78 is 60.8. The molecule has 0 aromatic rings. The van der Waals surface area contributed by atoms with Crippen LogP contribution in [-0.4, -0.2) is 56.0 Å². The molecule has 0 aromatic carbocycles. The second kappa shape index (κ2) is 37.9. The van der Waals surface area contributed by atoms with Gasteiger partial charge in [0.1, 0.15) is 5.75 Å². The Hall–Kier alpha value is 0.760. The Kier molecular flexibility index (Phi) is 47.2. The smallest absolute Gasteiger partial charge is 0.549 e. The van der Waals surface area contributed by atoms with Crippen LogP contribution < -0.4 is 64.2 Å². The van der Waals surface area contributed by atoms with Gasteiger partial charge in [-0.1, -0.05) is 129 Å². The van der Waals surface area contributed by atoms with Gasteiger partial charge in [-0.15, -0.1) is 0 Å². The molecule has 14 heteroatoms. The molecule has 0 aliphatic carbocycles. The molecule has 0 fully saturated rings. The number of carbonyl (C=O) groups is 2. The molecule has 0 rings (SSSR count). The molecule has 0 aliphatic heterocycles. The number of ether oxygens (including phenoxy) is 1. The van der Waals surface area contributed by atoms with Crippen LogP contribution in [-0.2, 0) is 34.6 Å². The van der Waals surface area contributed by atoms with E-state index in [9.17, 15) is 31.5 Å². The molecule has 0 aliphatic rings. The van der Waals surface area contributed by atoms with Gasteiger partial charge in [0, 0.05) is 0 Å². The number of unbranched alkanes of at least 4 members (excludes halogenated alkanes) is 18. The van der Waals surface area contributed by atoms with E-state index in [2.05, 4.69) is 20.8 Å². The standard InChI is InChI=1S/C14H28O5S.C12H25.C2H4O5S.2Na/c1-2-3-4-5-6-7-8-9-10-11-12-19-14(15)13-20(16,17)18;1-3-5-7-9-11-12-10-8-6-4-2;3-2(4)1-8(5,6)7;;/h2-13H2,1H3,(H,16,17,18);1,3-12H2,2H3;1H2,(H,3,4)(H,5,6,7);;/q;-1;;2*+1/p-1. The number of rotatable bonds is 24. The molecule has 0 saturated heterocycles. The van der Waals surface area contributed by atoms with Gasteiger partial charge in [0.25, 0.3) is 20.2 Å². The summed E-state index contributed by atoms with van der Waals surface area (Å²) >= 11 is 0.